The van der Waals surface area contributed by atoms with E-state index in [9.17, 15) is 9.59 Å². The van der Waals surface area contributed by atoms with Gasteiger partial charge >= 0.3 is 0 Å². The van der Waals surface area contributed by atoms with Gasteiger partial charge in [0.2, 0.25) is 11.7 Å². The van der Waals surface area contributed by atoms with Crippen molar-refractivity contribution in [2.24, 2.45) is 0 Å². The number of Topliss-reactive ketones (excluding diaryl/α,β-unsaturated/α-hetero) is 1. The number of rotatable bonds is 7. The summed E-state index contributed by atoms with van der Waals surface area (Å²) in [6, 6.07) is 23.7. The summed E-state index contributed by atoms with van der Waals surface area (Å²) in [5, 5.41) is 2.91. The van der Waals surface area contributed by atoms with Crippen LogP contribution in [0.5, 0.6) is 0 Å². The van der Waals surface area contributed by atoms with Crippen LogP contribution in [0.25, 0.3) is 5.65 Å². The molecule has 6 nitrogen and oxygen atoms in total. The van der Waals surface area contributed by atoms with Gasteiger partial charge in [-0.2, -0.15) is 0 Å². The van der Waals surface area contributed by atoms with Crippen LogP contribution in [0.15, 0.2) is 85.1 Å². The fraction of sp³-hybridized carbons (Fsp3) is 0.125. The highest BCUT2D eigenvalue weighted by atomic mass is 16.2. The summed E-state index contributed by atoms with van der Waals surface area (Å²) >= 11 is 0. The van der Waals surface area contributed by atoms with Gasteiger partial charge < -0.3 is 11.1 Å². The molecule has 0 aliphatic heterocycles. The molecule has 1 amide bonds. The predicted molar refractivity (Wildman–Crippen MR) is 116 cm³/mol. The van der Waals surface area contributed by atoms with E-state index in [-0.39, 0.29) is 29.6 Å². The molecule has 0 bridgehead atoms. The van der Waals surface area contributed by atoms with Gasteiger partial charge in [-0.1, -0.05) is 66.7 Å². The largest absolute Gasteiger partial charge is 0.382 e. The van der Waals surface area contributed by atoms with Crippen LogP contribution in [0.4, 0.5) is 5.82 Å². The van der Waals surface area contributed by atoms with Crippen molar-refractivity contribution >= 4 is 23.2 Å². The number of ketones is 1. The fourth-order valence-electron chi connectivity index (χ4n) is 3.51. The summed E-state index contributed by atoms with van der Waals surface area (Å²) in [5.41, 5.74) is 8.78. The normalized spacial score (nSPS) is 11.9. The van der Waals surface area contributed by atoms with Crippen molar-refractivity contribution < 1.29 is 9.59 Å². The third-order valence-corrected chi connectivity index (χ3v) is 4.93. The van der Waals surface area contributed by atoms with Gasteiger partial charge in [0.1, 0.15) is 11.3 Å². The topological polar surface area (TPSA) is 89.5 Å². The van der Waals surface area contributed by atoms with Gasteiger partial charge in [0.15, 0.2) is 5.82 Å². The second-order valence-electron chi connectivity index (χ2n) is 7.11. The predicted octanol–water partition coefficient (Wildman–Crippen LogP) is 3.07. The summed E-state index contributed by atoms with van der Waals surface area (Å²) in [6.07, 6.45) is 2.30. The zero-order valence-electron chi connectivity index (χ0n) is 16.4. The SMILES string of the molecule is Nc1nc2ccccn2c1C(=O)[C@H](Cc1ccccc1)NC(=O)Cc1ccccc1. The summed E-state index contributed by atoms with van der Waals surface area (Å²) in [5.74, 6) is -0.332. The smallest absolute Gasteiger partial charge is 0.225 e. The van der Waals surface area contributed by atoms with Crippen LogP contribution in [0, 0.1) is 0 Å². The first kappa shape index (κ1) is 19.4. The van der Waals surface area contributed by atoms with Gasteiger partial charge in [-0.05, 0) is 23.3 Å². The van der Waals surface area contributed by atoms with Crippen molar-refractivity contribution in [1.82, 2.24) is 14.7 Å². The number of carbonyl (C=O) groups is 2. The molecule has 30 heavy (non-hydrogen) atoms. The lowest BCUT2D eigenvalue weighted by Crippen LogP contribution is -2.43. The third-order valence-electron chi connectivity index (χ3n) is 4.93. The van der Waals surface area contributed by atoms with Crippen LogP contribution >= 0.6 is 0 Å². The van der Waals surface area contributed by atoms with Crippen molar-refractivity contribution in [2.45, 2.75) is 18.9 Å². The molecule has 2 aromatic heterocycles. The number of imidazole rings is 1. The number of carbonyl (C=O) groups excluding carboxylic acids is 2. The summed E-state index contributed by atoms with van der Waals surface area (Å²) < 4.78 is 1.67. The minimum absolute atomic E-state index is 0.154. The van der Waals surface area contributed by atoms with E-state index in [4.69, 9.17) is 5.73 Å². The molecule has 0 fully saturated rings. The number of pyridine rings is 1. The summed E-state index contributed by atoms with van der Waals surface area (Å²) in [7, 11) is 0. The van der Waals surface area contributed by atoms with E-state index in [1.807, 2.05) is 72.8 Å². The maximum Gasteiger partial charge on any atom is 0.225 e. The second kappa shape index (κ2) is 8.61. The Morgan fingerprint density at radius 3 is 2.23 bits per heavy atom. The number of hydrogen-bond acceptors (Lipinski definition) is 4. The average Bonchev–Trinajstić information content (AvgIpc) is 3.10. The maximum atomic E-state index is 13.5. The molecular weight excluding hydrogens is 376 g/mol. The summed E-state index contributed by atoms with van der Waals surface area (Å²) in [4.78, 5) is 30.5. The summed E-state index contributed by atoms with van der Waals surface area (Å²) in [6.45, 7) is 0. The van der Waals surface area contributed by atoms with Crippen molar-refractivity contribution in [3.63, 3.8) is 0 Å². The molecule has 4 aromatic rings. The molecule has 4 rings (SSSR count). The molecule has 0 aliphatic carbocycles. The molecule has 0 radical (unpaired) electrons. The van der Waals surface area contributed by atoms with E-state index < -0.39 is 6.04 Å². The molecule has 0 spiro atoms. The van der Waals surface area contributed by atoms with Crippen LogP contribution < -0.4 is 11.1 Å². The average molecular weight is 398 g/mol. The molecule has 1 atom stereocenters. The molecule has 2 aromatic carbocycles. The fourth-order valence-corrected chi connectivity index (χ4v) is 3.51. The van der Waals surface area contributed by atoms with Crippen LogP contribution in [-0.2, 0) is 17.6 Å². The molecule has 3 N–H and O–H groups in total. The Hall–Kier alpha value is -3.93. The van der Waals surface area contributed by atoms with E-state index in [0.29, 0.717) is 12.1 Å². The zero-order chi connectivity index (χ0) is 20.9. The molecule has 2 heterocycles. The number of benzene rings is 2. The third kappa shape index (κ3) is 4.22. The number of aromatic nitrogens is 2. The first-order valence-corrected chi connectivity index (χ1v) is 9.76. The van der Waals surface area contributed by atoms with E-state index in [2.05, 4.69) is 10.3 Å². The Kier molecular flexibility index (Phi) is 5.57. The Balaban J connectivity index is 1.63. The van der Waals surface area contributed by atoms with Gasteiger partial charge in [0.05, 0.1) is 12.5 Å². The monoisotopic (exact) mass is 398 g/mol. The lowest BCUT2D eigenvalue weighted by molar-refractivity contribution is -0.120. The molecule has 150 valence electrons. The number of amides is 1. The van der Waals surface area contributed by atoms with Crippen molar-refractivity contribution in [1.29, 1.82) is 0 Å². The highest BCUT2D eigenvalue weighted by molar-refractivity contribution is 6.04. The van der Waals surface area contributed by atoms with E-state index in [0.717, 1.165) is 11.1 Å². The maximum absolute atomic E-state index is 13.5. The van der Waals surface area contributed by atoms with Crippen molar-refractivity contribution in [2.75, 3.05) is 5.73 Å². The van der Waals surface area contributed by atoms with E-state index in [1.54, 1.807) is 16.7 Å². The van der Waals surface area contributed by atoms with Crippen LogP contribution in [0.2, 0.25) is 0 Å². The number of nitrogens with two attached hydrogens (primary N) is 1. The van der Waals surface area contributed by atoms with Crippen LogP contribution in [0.3, 0.4) is 0 Å². The van der Waals surface area contributed by atoms with Crippen molar-refractivity contribution in [3.05, 3.63) is 102 Å². The van der Waals surface area contributed by atoms with Gasteiger partial charge in [-0.3, -0.25) is 14.0 Å². The minimum Gasteiger partial charge on any atom is -0.382 e. The Morgan fingerprint density at radius 2 is 1.53 bits per heavy atom. The van der Waals surface area contributed by atoms with E-state index >= 15 is 0 Å². The second-order valence-corrected chi connectivity index (χ2v) is 7.11. The van der Waals surface area contributed by atoms with Gasteiger partial charge in [0.25, 0.3) is 0 Å². The van der Waals surface area contributed by atoms with Gasteiger partial charge in [-0.25, -0.2) is 4.98 Å². The first-order valence-electron chi connectivity index (χ1n) is 9.76. The first-order chi connectivity index (χ1) is 14.6. The molecule has 6 heteroatoms. The van der Waals surface area contributed by atoms with Crippen molar-refractivity contribution in [3.8, 4) is 0 Å². The number of nitrogens with one attached hydrogen (secondary N) is 1. The zero-order valence-corrected chi connectivity index (χ0v) is 16.4. The quantitative estimate of drug-likeness (QED) is 0.468. The molecule has 0 saturated carbocycles. The molecule has 0 saturated heterocycles. The Labute approximate surface area is 174 Å². The highest BCUT2D eigenvalue weighted by Crippen LogP contribution is 2.18. The van der Waals surface area contributed by atoms with Gasteiger partial charge in [-0.15, -0.1) is 0 Å². The Bertz CT molecular complexity index is 1170. The lowest BCUT2D eigenvalue weighted by Gasteiger charge is -2.18. The number of anilines is 1. The van der Waals surface area contributed by atoms with Crippen LogP contribution in [0.1, 0.15) is 21.6 Å². The standard InChI is InChI=1S/C24H22N4O2/c25-24-22(28-14-8-7-13-20(28)27-24)23(30)19(15-17-9-3-1-4-10-17)26-21(29)16-18-11-5-2-6-12-18/h1-14,19H,15-16,25H2,(H,26,29)/t19-/m0/s1. The highest BCUT2D eigenvalue weighted by Gasteiger charge is 2.27. The number of nitrogens with zero attached hydrogens (tertiary/aromatic N) is 2. The molecule has 0 unspecified atom stereocenters. The Morgan fingerprint density at radius 1 is 0.900 bits per heavy atom. The number of hydrogen-bond donors (Lipinski definition) is 2. The van der Waals surface area contributed by atoms with Crippen LogP contribution in [-0.4, -0.2) is 27.1 Å². The van der Waals surface area contributed by atoms with E-state index in [1.165, 1.54) is 0 Å². The molecule has 0 aliphatic rings. The lowest BCUT2D eigenvalue weighted by atomic mass is 9.99. The minimum atomic E-state index is -0.758. The number of fused-ring (bicyclic) bond motifs is 1. The number of nitrogen functional groups attached to an aromatic ring is 1. The van der Waals surface area contributed by atoms with Gasteiger partial charge in [0, 0.05) is 12.6 Å². The molecular formula is C24H22N4O2.